The van der Waals surface area contributed by atoms with Crippen LogP contribution in [0, 0.1) is 6.92 Å². The molecule has 1 N–H and O–H groups in total. The highest BCUT2D eigenvalue weighted by Gasteiger charge is 2.42. The van der Waals surface area contributed by atoms with Crippen molar-refractivity contribution in [3.63, 3.8) is 0 Å². The van der Waals surface area contributed by atoms with Crippen LogP contribution < -0.4 is 5.32 Å². The number of amides is 2. The molecule has 26 heavy (non-hydrogen) atoms. The number of hydrogen-bond acceptors (Lipinski definition) is 5. The molecular weight excluding hydrogens is 350 g/mol. The van der Waals surface area contributed by atoms with E-state index in [0.29, 0.717) is 13.1 Å². The molecule has 3 heterocycles. The minimum atomic E-state index is -0.562. The van der Waals surface area contributed by atoms with E-state index in [1.807, 2.05) is 17.9 Å². The maximum Gasteiger partial charge on any atom is 0.407 e. The molecule has 1 atom stereocenters. The van der Waals surface area contributed by atoms with E-state index in [9.17, 15) is 9.59 Å². The third kappa shape index (κ3) is 2.96. The average molecular weight is 371 g/mol. The zero-order valence-corrected chi connectivity index (χ0v) is 15.4. The summed E-state index contributed by atoms with van der Waals surface area (Å²) in [6, 6.07) is 9.87. The standard InChI is InChI=1S/C19H21N3O3S/c1-13-20-16(12-26-13)19(14-5-3-2-4-6-14)7-9-22(10-8-19)17(23)15-11-25-18(24)21-15/h2-6,12,15H,7-11H2,1H3,(H,21,24)/t15-/m0/s1. The highest BCUT2D eigenvalue weighted by Crippen LogP contribution is 2.42. The van der Waals surface area contributed by atoms with E-state index in [1.54, 1.807) is 11.3 Å². The van der Waals surface area contributed by atoms with Gasteiger partial charge in [-0.2, -0.15) is 0 Å². The monoisotopic (exact) mass is 371 g/mol. The molecule has 2 amide bonds. The number of carbonyl (C=O) groups excluding carboxylic acids is 2. The summed E-state index contributed by atoms with van der Waals surface area (Å²) in [6.07, 6.45) is 1.11. The Bertz CT molecular complexity index is 812. The van der Waals surface area contributed by atoms with Gasteiger partial charge in [-0.25, -0.2) is 9.78 Å². The Kier molecular flexibility index (Phi) is 4.40. The minimum absolute atomic E-state index is 0.0630. The molecule has 6 nitrogen and oxygen atoms in total. The Labute approximate surface area is 156 Å². The van der Waals surface area contributed by atoms with Gasteiger partial charge in [-0.15, -0.1) is 11.3 Å². The van der Waals surface area contributed by atoms with Crippen LogP contribution in [-0.4, -0.2) is 47.6 Å². The first-order valence-electron chi connectivity index (χ1n) is 8.79. The fourth-order valence-corrected chi connectivity index (χ4v) is 4.59. The molecule has 1 aromatic carbocycles. The number of ether oxygens (including phenoxy) is 1. The molecule has 7 heteroatoms. The van der Waals surface area contributed by atoms with Crippen molar-refractivity contribution >= 4 is 23.3 Å². The van der Waals surface area contributed by atoms with Gasteiger partial charge in [0.2, 0.25) is 5.91 Å². The molecular formula is C19H21N3O3S. The quantitative estimate of drug-likeness (QED) is 0.900. The van der Waals surface area contributed by atoms with Gasteiger partial charge in [-0.1, -0.05) is 30.3 Å². The zero-order valence-electron chi connectivity index (χ0n) is 14.6. The molecule has 4 rings (SSSR count). The molecule has 0 bridgehead atoms. The van der Waals surface area contributed by atoms with Crippen molar-refractivity contribution < 1.29 is 14.3 Å². The Morgan fingerprint density at radius 1 is 1.31 bits per heavy atom. The number of likely N-dealkylation sites (tertiary alicyclic amines) is 1. The molecule has 0 radical (unpaired) electrons. The van der Waals surface area contributed by atoms with Gasteiger partial charge < -0.3 is 15.0 Å². The third-order valence-electron chi connectivity index (χ3n) is 5.34. The lowest BCUT2D eigenvalue weighted by molar-refractivity contribution is -0.134. The summed E-state index contributed by atoms with van der Waals surface area (Å²) in [5.74, 6) is -0.0630. The van der Waals surface area contributed by atoms with Crippen LogP contribution in [0.5, 0.6) is 0 Å². The van der Waals surface area contributed by atoms with Crippen LogP contribution in [0.1, 0.15) is 29.1 Å². The SMILES string of the molecule is Cc1nc(C2(c3ccccc3)CCN(C(=O)[C@@H]3COC(=O)N3)CC2)cs1. The maximum atomic E-state index is 12.7. The van der Waals surface area contributed by atoms with E-state index >= 15 is 0 Å². The lowest BCUT2D eigenvalue weighted by Gasteiger charge is -2.42. The number of aromatic nitrogens is 1. The molecule has 0 spiro atoms. The number of piperidine rings is 1. The Balaban J connectivity index is 1.57. The molecule has 2 saturated heterocycles. The van der Waals surface area contributed by atoms with Gasteiger partial charge in [0.05, 0.1) is 10.7 Å². The number of aryl methyl sites for hydroxylation is 1. The van der Waals surface area contributed by atoms with Gasteiger partial charge in [-0.3, -0.25) is 4.79 Å². The van der Waals surface area contributed by atoms with Gasteiger partial charge in [0.25, 0.3) is 0 Å². The Morgan fingerprint density at radius 2 is 2.04 bits per heavy atom. The van der Waals surface area contributed by atoms with Crippen LogP contribution in [0.15, 0.2) is 35.7 Å². The third-order valence-corrected chi connectivity index (χ3v) is 6.11. The molecule has 0 saturated carbocycles. The molecule has 136 valence electrons. The molecule has 0 unspecified atom stereocenters. The fourth-order valence-electron chi connectivity index (χ4n) is 3.88. The average Bonchev–Trinajstić information content (AvgIpc) is 3.31. The van der Waals surface area contributed by atoms with E-state index in [-0.39, 0.29) is 17.9 Å². The predicted octanol–water partition coefficient (Wildman–Crippen LogP) is 2.47. The van der Waals surface area contributed by atoms with Gasteiger partial charge >= 0.3 is 6.09 Å². The fraction of sp³-hybridized carbons (Fsp3) is 0.421. The van der Waals surface area contributed by atoms with Crippen molar-refractivity contribution in [3.05, 3.63) is 52.0 Å². The number of thiazole rings is 1. The van der Waals surface area contributed by atoms with Gasteiger partial charge in [0.1, 0.15) is 12.6 Å². The van der Waals surface area contributed by atoms with Crippen LogP contribution in [-0.2, 0) is 14.9 Å². The lowest BCUT2D eigenvalue weighted by atomic mass is 9.70. The lowest BCUT2D eigenvalue weighted by Crippen LogP contribution is -2.51. The second-order valence-corrected chi connectivity index (χ2v) is 7.88. The largest absolute Gasteiger partial charge is 0.447 e. The van der Waals surface area contributed by atoms with Crippen LogP contribution >= 0.6 is 11.3 Å². The topological polar surface area (TPSA) is 71.5 Å². The summed E-state index contributed by atoms with van der Waals surface area (Å²) in [5, 5.41) is 5.77. The highest BCUT2D eigenvalue weighted by molar-refractivity contribution is 7.09. The van der Waals surface area contributed by atoms with Crippen LogP contribution in [0.3, 0.4) is 0 Å². The van der Waals surface area contributed by atoms with Crippen molar-refractivity contribution in [3.8, 4) is 0 Å². The van der Waals surface area contributed by atoms with E-state index < -0.39 is 12.1 Å². The van der Waals surface area contributed by atoms with Crippen LogP contribution in [0.25, 0.3) is 0 Å². The molecule has 2 aromatic rings. The number of rotatable bonds is 3. The van der Waals surface area contributed by atoms with Gasteiger partial charge in [0, 0.05) is 23.9 Å². The summed E-state index contributed by atoms with van der Waals surface area (Å²) in [4.78, 5) is 30.5. The number of hydrogen-bond donors (Lipinski definition) is 1. The summed E-state index contributed by atoms with van der Waals surface area (Å²) < 4.78 is 4.85. The molecule has 1 aromatic heterocycles. The maximum absolute atomic E-state index is 12.7. The summed E-state index contributed by atoms with van der Waals surface area (Å²) >= 11 is 1.66. The number of nitrogens with one attached hydrogen (secondary N) is 1. The summed E-state index contributed by atoms with van der Waals surface area (Å²) in [7, 11) is 0. The van der Waals surface area contributed by atoms with E-state index in [2.05, 4.69) is 35.0 Å². The van der Waals surface area contributed by atoms with Crippen molar-refractivity contribution in [2.75, 3.05) is 19.7 Å². The second-order valence-electron chi connectivity index (χ2n) is 6.82. The normalized spacial score (nSPS) is 22.0. The Hall–Kier alpha value is -2.41. The number of alkyl carbamates (subject to hydrolysis) is 1. The molecule has 2 aliphatic rings. The van der Waals surface area contributed by atoms with Gasteiger partial charge in [0.15, 0.2) is 0 Å². The Morgan fingerprint density at radius 3 is 2.62 bits per heavy atom. The predicted molar refractivity (Wildman–Crippen MR) is 98.2 cm³/mol. The zero-order chi connectivity index (χ0) is 18.1. The van der Waals surface area contributed by atoms with Crippen molar-refractivity contribution in [2.45, 2.75) is 31.2 Å². The molecule has 0 aliphatic carbocycles. The van der Waals surface area contributed by atoms with Crippen molar-refractivity contribution in [2.24, 2.45) is 0 Å². The second kappa shape index (κ2) is 6.72. The van der Waals surface area contributed by atoms with Crippen LogP contribution in [0.2, 0.25) is 0 Å². The smallest absolute Gasteiger partial charge is 0.407 e. The van der Waals surface area contributed by atoms with E-state index in [0.717, 1.165) is 23.5 Å². The van der Waals surface area contributed by atoms with Crippen molar-refractivity contribution in [1.29, 1.82) is 0 Å². The summed E-state index contributed by atoms with van der Waals surface area (Å²) in [5.41, 5.74) is 2.17. The number of cyclic esters (lactones) is 1. The van der Waals surface area contributed by atoms with E-state index in [4.69, 9.17) is 9.72 Å². The van der Waals surface area contributed by atoms with E-state index in [1.165, 1.54) is 5.56 Å². The number of benzene rings is 1. The number of carbonyl (C=O) groups is 2. The number of nitrogens with zero attached hydrogens (tertiary/aromatic N) is 2. The first-order chi connectivity index (χ1) is 12.6. The van der Waals surface area contributed by atoms with Gasteiger partial charge in [-0.05, 0) is 25.3 Å². The minimum Gasteiger partial charge on any atom is -0.447 e. The highest BCUT2D eigenvalue weighted by atomic mass is 32.1. The molecule has 2 fully saturated rings. The molecule has 2 aliphatic heterocycles. The summed E-state index contributed by atoms with van der Waals surface area (Å²) in [6.45, 7) is 3.41. The van der Waals surface area contributed by atoms with Crippen molar-refractivity contribution in [1.82, 2.24) is 15.2 Å². The van der Waals surface area contributed by atoms with Crippen LogP contribution in [0.4, 0.5) is 4.79 Å². The first kappa shape index (κ1) is 17.0. The first-order valence-corrected chi connectivity index (χ1v) is 9.67.